The van der Waals surface area contributed by atoms with E-state index in [-0.39, 0.29) is 11.0 Å². The van der Waals surface area contributed by atoms with Crippen LogP contribution in [-0.2, 0) is 9.22 Å². The summed E-state index contributed by atoms with van der Waals surface area (Å²) in [6, 6.07) is 21.1. The number of aldehydes is 1. The summed E-state index contributed by atoms with van der Waals surface area (Å²) in [5.41, 5.74) is 0. The predicted octanol–water partition coefficient (Wildman–Crippen LogP) is 3.79. The summed E-state index contributed by atoms with van der Waals surface area (Å²) < 4.78 is 6.72. The monoisotopic (exact) mass is 340 g/mol. The molecule has 0 fully saturated rings. The van der Waals surface area contributed by atoms with E-state index in [1.54, 1.807) is 0 Å². The summed E-state index contributed by atoms with van der Waals surface area (Å²) in [4.78, 5) is 11.3. The van der Waals surface area contributed by atoms with Gasteiger partial charge in [0.1, 0.15) is 6.29 Å². The van der Waals surface area contributed by atoms with Crippen molar-refractivity contribution in [3.63, 3.8) is 0 Å². The van der Waals surface area contributed by atoms with Crippen LogP contribution < -0.4 is 10.4 Å². The fourth-order valence-electron chi connectivity index (χ4n) is 3.25. The Hall–Kier alpha value is -1.71. The Morgan fingerprint density at radius 2 is 1.42 bits per heavy atom. The van der Waals surface area contributed by atoms with Gasteiger partial charge in [0.15, 0.2) is 0 Å². The van der Waals surface area contributed by atoms with Gasteiger partial charge in [-0.2, -0.15) is 0 Å². The molecule has 2 aromatic carbocycles. The average molecular weight is 341 g/mol. The summed E-state index contributed by atoms with van der Waals surface area (Å²) in [5.74, 6) is -0.0494. The lowest BCUT2D eigenvalue weighted by molar-refractivity contribution is -0.112. The Balaban J connectivity index is 2.59. The maximum Gasteiger partial charge on any atom is 0.261 e. The zero-order chi connectivity index (χ0) is 17.6. The highest BCUT2D eigenvalue weighted by Crippen LogP contribution is 2.37. The molecule has 0 spiro atoms. The average Bonchev–Trinajstić information content (AvgIpc) is 2.59. The fourth-order valence-corrected chi connectivity index (χ4v) is 7.87. The van der Waals surface area contributed by atoms with Crippen molar-refractivity contribution in [3.8, 4) is 0 Å². The molecule has 2 aromatic rings. The smallest absolute Gasteiger partial charge is 0.261 e. The lowest BCUT2D eigenvalue weighted by Crippen LogP contribution is -2.66. The molecule has 0 aliphatic carbocycles. The van der Waals surface area contributed by atoms with Crippen LogP contribution in [0, 0.1) is 5.92 Å². The first-order valence-corrected chi connectivity index (χ1v) is 10.6. The van der Waals surface area contributed by atoms with E-state index in [4.69, 9.17) is 4.43 Å². The molecule has 0 radical (unpaired) electrons. The molecule has 0 N–H and O–H groups in total. The predicted molar refractivity (Wildman–Crippen MR) is 103 cm³/mol. The van der Waals surface area contributed by atoms with Crippen molar-refractivity contribution in [2.24, 2.45) is 5.92 Å². The molecular weight excluding hydrogens is 312 g/mol. The van der Waals surface area contributed by atoms with E-state index in [2.05, 4.69) is 69.3 Å². The Morgan fingerprint density at radius 3 is 1.75 bits per heavy atom. The van der Waals surface area contributed by atoms with Crippen LogP contribution in [0.25, 0.3) is 0 Å². The van der Waals surface area contributed by atoms with Gasteiger partial charge < -0.3 is 9.22 Å². The van der Waals surface area contributed by atoms with Crippen LogP contribution in [-0.4, -0.2) is 21.2 Å². The number of carbonyl (C=O) groups is 1. The van der Waals surface area contributed by atoms with Gasteiger partial charge in [0.2, 0.25) is 0 Å². The zero-order valence-corrected chi connectivity index (χ0v) is 16.2. The van der Waals surface area contributed by atoms with Crippen LogP contribution in [0.5, 0.6) is 0 Å². The molecule has 0 bridgehead atoms. The van der Waals surface area contributed by atoms with Crippen molar-refractivity contribution < 1.29 is 9.22 Å². The molecule has 0 amide bonds. The van der Waals surface area contributed by atoms with Crippen LogP contribution in [0.2, 0.25) is 5.04 Å². The summed E-state index contributed by atoms with van der Waals surface area (Å²) >= 11 is 0. The van der Waals surface area contributed by atoms with Crippen molar-refractivity contribution >= 4 is 25.0 Å². The highest BCUT2D eigenvalue weighted by Gasteiger charge is 2.50. The van der Waals surface area contributed by atoms with Gasteiger partial charge in [-0.25, -0.2) is 0 Å². The summed E-state index contributed by atoms with van der Waals surface area (Å²) in [6.45, 7) is 9.27. The SMILES string of the molecule is CC[C@@H](C=O)CO[Si](c1ccccc1)(c1ccccc1)C(C)(C)C. The lowest BCUT2D eigenvalue weighted by atomic mass is 10.1. The second-order valence-electron chi connectivity index (χ2n) is 7.28. The maximum absolute atomic E-state index is 11.3. The minimum atomic E-state index is -2.50. The van der Waals surface area contributed by atoms with Crippen LogP contribution in [0.15, 0.2) is 60.7 Å². The van der Waals surface area contributed by atoms with E-state index in [1.165, 1.54) is 10.4 Å². The quantitative estimate of drug-likeness (QED) is 0.566. The van der Waals surface area contributed by atoms with Crippen LogP contribution >= 0.6 is 0 Å². The number of carbonyl (C=O) groups excluding carboxylic acids is 1. The molecule has 0 saturated carbocycles. The third-order valence-electron chi connectivity index (χ3n) is 4.65. The lowest BCUT2D eigenvalue weighted by Gasteiger charge is -2.43. The number of hydrogen-bond acceptors (Lipinski definition) is 2. The standard InChI is InChI=1S/C21H28O2Si/c1-5-18(16-22)17-23-24(21(2,3)4,19-12-8-6-9-13-19)20-14-10-7-11-15-20/h6-16,18H,5,17H2,1-4H3/t18-/m0/s1. The first-order chi connectivity index (χ1) is 11.5. The van der Waals surface area contributed by atoms with Crippen LogP contribution in [0.3, 0.4) is 0 Å². The van der Waals surface area contributed by atoms with Gasteiger partial charge in [0.25, 0.3) is 8.32 Å². The van der Waals surface area contributed by atoms with Gasteiger partial charge in [-0.05, 0) is 21.8 Å². The van der Waals surface area contributed by atoms with Gasteiger partial charge in [-0.3, -0.25) is 0 Å². The minimum Gasteiger partial charge on any atom is -0.407 e. The molecule has 2 rings (SSSR count). The molecule has 0 aliphatic rings. The third kappa shape index (κ3) is 3.68. The Bertz CT molecular complexity index is 592. The molecule has 3 heteroatoms. The second kappa shape index (κ2) is 7.91. The summed E-state index contributed by atoms with van der Waals surface area (Å²) in [5, 5.41) is 2.46. The van der Waals surface area contributed by atoms with Crippen molar-refractivity contribution in [1.29, 1.82) is 0 Å². The molecule has 0 heterocycles. The molecule has 1 atom stereocenters. The summed E-state index contributed by atoms with van der Waals surface area (Å²) in [6.07, 6.45) is 1.83. The first kappa shape index (κ1) is 18.6. The Labute approximate surface area is 147 Å². The van der Waals surface area contributed by atoms with E-state index < -0.39 is 8.32 Å². The number of rotatable bonds is 7. The minimum absolute atomic E-state index is 0.0448. The van der Waals surface area contributed by atoms with Crippen LogP contribution in [0.1, 0.15) is 34.1 Å². The summed E-state index contributed by atoms with van der Waals surface area (Å²) in [7, 11) is -2.50. The van der Waals surface area contributed by atoms with E-state index in [0.29, 0.717) is 6.61 Å². The van der Waals surface area contributed by atoms with Crippen molar-refractivity contribution in [1.82, 2.24) is 0 Å². The Kier molecular flexibility index (Phi) is 6.14. The number of hydrogen-bond donors (Lipinski definition) is 0. The van der Waals surface area contributed by atoms with E-state index in [0.717, 1.165) is 12.7 Å². The molecule has 24 heavy (non-hydrogen) atoms. The van der Waals surface area contributed by atoms with Crippen molar-refractivity contribution in [2.45, 2.75) is 39.2 Å². The Morgan fingerprint density at radius 1 is 0.958 bits per heavy atom. The molecule has 0 saturated heterocycles. The second-order valence-corrected chi connectivity index (χ2v) is 11.6. The molecule has 128 valence electrons. The third-order valence-corrected chi connectivity index (χ3v) is 9.65. The van der Waals surface area contributed by atoms with E-state index in [1.807, 2.05) is 19.1 Å². The molecule has 0 aliphatic heterocycles. The molecule has 0 unspecified atom stereocenters. The van der Waals surface area contributed by atoms with Gasteiger partial charge >= 0.3 is 0 Å². The molecular formula is C21H28O2Si. The normalized spacial score (nSPS) is 13.5. The fraction of sp³-hybridized carbons (Fsp3) is 0.381. The zero-order valence-electron chi connectivity index (χ0n) is 15.2. The maximum atomic E-state index is 11.3. The topological polar surface area (TPSA) is 26.3 Å². The van der Waals surface area contributed by atoms with Crippen molar-refractivity contribution in [3.05, 3.63) is 60.7 Å². The van der Waals surface area contributed by atoms with Crippen molar-refractivity contribution in [2.75, 3.05) is 6.61 Å². The van der Waals surface area contributed by atoms with Gasteiger partial charge in [0.05, 0.1) is 0 Å². The van der Waals surface area contributed by atoms with Gasteiger partial charge in [-0.1, -0.05) is 88.4 Å². The highest BCUT2D eigenvalue weighted by molar-refractivity contribution is 6.99. The largest absolute Gasteiger partial charge is 0.407 e. The molecule has 2 nitrogen and oxygen atoms in total. The van der Waals surface area contributed by atoms with Crippen LogP contribution in [0.4, 0.5) is 0 Å². The van der Waals surface area contributed by atoms with Gasteiger partial charge in [-0.15, -0.1) is 0 Å². The highest BCUT2D eigenvalue weighted by atomic mass is 28.4. The van der Waals surface area contributed by atoms with Gasteiger partial charge in [0, 0.05) is 12.5 Å². The number of benzene rings is 2. The van der Waals surface area contributed by atoms with E-state index in [9.17, 15) is 4.79 Å². The van der Waals surface area contributed by atoms with E-state index >= 15 is 0 Å². The molecule has 0 aromatic heterocycles. The first-order valence-electron chi connectivity index (χ1n) is 8.66.